The fourth-order valence-corrected chi connectivity index (χ4v) is 1.90. The van der Waals surface area contributed by atoms with Gasteiger partial charge in [-0.15, -0.1) is 0 Å². The van der Waals surface area contributed by atoms with Gasteiger partial charge in [-0.3, -0.25) is 9.59 Å². The fraction of sp³-hybridized carbons (Fsp3) is 0.273. The summed E-state index contributed by atoms with van der Waals surface area (Å²) in [6.07, 6.45) is 1.27. The van der Waals surface area contributed by atoms with E-state index in [1.54, 1.807) is 0 Å². The Morgan fingerprint density at radius 1 is 1.44 bits per heavy atom. The van der Waals surface area contributed by atoms with Gasteiger partial charge in [-0.1, -0.05) is 0 Å². The molecule has 1 aromatic rings. The van der Waals surface area contributed by atoms with E-state index in [-0.39, 0.29) is 11.5 Å². The average molecular weight is 242 g/mol. The standard InChI is InChI=1S/C11H9ClFNO2/c12-11(16)8-6-7(3-4-9(8)13)14-5-1-2-10(14)15/h3-4,6H,1-2,5H2. The highest BCUT2D eigenvalue weighted by molar-refractivity contribution is 6.67. The maximum absolute atomic E-state index is 13.2. The van der Waals surface area contributed by atoms with Gasteiger partial charge in [0, 0.05) is 18.7 Å². The third-order valence-corrected chi connectivity index (χ3v) is 2.75. The predicted molar refractivity (Wildman–Crippen MR) is 58.2 cm³/mol. The lowest BCUT2D eigenvalue weighted by atomic mass is 10.2. The van der Waals surface area contributed by atoms with Crippen molar-refractivity contribution in [1.29, 1.82) is 0 Å². The van der Waals surface area contributed by atoms with Crippen molar-refractivity contribution in [3.05, 3.63) is 29.6 Å². The summed E-state index contributed by atoms with van der Waals surface area (Å²) in [4.78, 5) is 23.9. The minimum absolute atomic E-state index is 0.0143. The summed E-state index contributed by atoms with van der Waals surface area (Å²) < 4.78 is 13.2. The van der Waals surface area contributed by atoms with Crippen molar-refractivity contribution in [1.82, 2.24) is 0 Å². The normalized spacial score (nSPS) is 15.6. The quantitative estimate of drug-likeness (QED) is 0.746. The van der Waals surface area contributed by atoms with Crippen molar-refractivity contribution in [2.75, 3.05) is 11.4 Å². The van der Waals surface area contributed by atoms with Crippen LogP contribution in [0.1, 0.15) is 23.2 Å². The molecular formula is C11H9ClFNO2. The second kappa shape index (κ2) is 4.22. The number of carbonyl (C=O) groups excluding carboxylic acids is 2. The van der Waals surface area contributed by atoms with Crippen LogP contribution in [-0.2, 0) is 4.79 Å². The first-order valence-electron chi connectivity index (χ1n) is 4.89. The number of benzene rings is 1. The number of hydrogen-bond acceptors (Lipinski definition) is 2. The maximum Gasteiger partial charge on any atom is 0.255 e. The van der Waals surface area contributed by atoms with Crippen LogP contribution in [0.4, 0.5) is 10.1 Å². The summed E-state index contributed by atoms with van der Waals surface area (Å²) in [6.45, 7) is 0.598. The molecule has 0 aliphatic carbocycles. The van der Waals surface area contributed by atoms with Crippen LogP contribution in [0.3, 0.4) is 0 Å². The lowest BCUT2D eigenvalue weighted by Gasteiger charge is -2.16. The monoisotopic (exact) mass is 241 g/mol. The van der Waals surface area contributed by atoms with E-state index < -0.39 is 11.1 Å². The van der Waals surface area contributed by atoms with Crippen molar-refractivity contribution in [3.63, 3.8) is 0 Å². The second-order valence-electron chi connectivity index (χ2n) is 3.59. The van der Waals surface area contributed by atoms with Crippen LogP contribution in [0.25, 0.3) is 0 Å². The number of nitrogens with zero attached hydrogens (tertiary/aromatic N) is 1. The minimum atomic E-state index is -0.856. The number of halogens is 2. The molecular weight excluding hydrogens is 233 g/mol. The van der Waals surface area contributed by atoms with Gasteiger partial charge in [-0.05, 0) is 36.2 Å². The fourth-order valence-electron chi connectivity index (χ4n) is 1.75. The van der Waals surface area contributed by atoms with Crippen LogP contribution in [-0.4, -0.2) is 17.7 Å². The molecule has 1 aliphatic heterocycles. The Morgan fingerprint density at radius 2 is 2.19 bits per heavy atom. The highest BCUT2D eigenvalue weighted by Gasteiger charge is 2.23. The zero-order chi connectivity index (χ0) is 11.7. The van der Waals surface area contributed by atoms with Crippen LogP contribution in [0.2, 0.25) is 0 Å². The molecule has 0 radical (unpaired) electrons. The molecule has 5 heteroatoms. The molecule has 0 spiro atoms. The van der Waals surface area contributed by atoms with Crippen LogP contribution in [0, 0.1) is 5.82 Å². The first-order chi connectivity index (χ1) is 7.59. The highest BCUT2D eigenvalue weighted by atomic mass is 35.5. The zero-order valence-corrected chi connectivity index (χ0v) is 9.13. The number of rotatable bonds is 2. The van der Waals surface area contributed by atoms with Gasteiger partial charge in [0.2, 0.25) is 5.91 Å². The Morgan fingerprint density at radius 3 is 2.75 bits per heavy atom. The van der Waals surface area contributed by atoms with Crippen LogP contribution in [0.5, 0.6) is 0 Å². The molecule has 1 fully saturated rings. The number of amides is 1. The van der Waals surface area contributed by atoms with Gasteiger partial charge in [0.05, 0.1) is 5.56 Å². The van der Waals surface area contributed by atoms with Crippen molar-refractivity contribution in [3.8, 4) is 0 Å². The van der Waals surface area contributed by atoms with E-state index in [4.69, 9.17) is 11.6 Å². The second-order valence-corrected chi connectivity index (χ2v) is 3.93. The Kier molecular flexibility index (Phi) is 2.92. The van der Waals surface area contributed by atoms with E-state index >= 15 is 0 Å². The molecule has 0 atom stereocenters. The molecule has 1 heterocycles. The first-order valence-corrected chi connectivity index (χ1v) is 5.27. The summed E-state index contributed by atoms with van der Waals surface area (Å²) >= 11 is 5.24. The SMILES string of the molecule is O=C(Cl)c1cc(N2CCCC2=O)ccc1F. The molecule has 84 valence electrons. The summed E-state index contributed by atoms with van der Waals surface area (Å²) in [6, 6.07) is 3.94. The zero-order valence-electron chi connectivity index (χ0n) is 8.37. The average Bonchev–Trinajstić information content (AvgIpc) is 2.65. The molecule has 1 aliphatic rings. The predicted octanol–water partition coefficient (Wildman–Crippen LogP) is 2.33. The van der Waals surface area contributed by atoms with E-state index in [2.05, 4.69) is 0 Å². The number of hydrogen-bond donors (Lipinski definition) is 0. The Hall–Kier alpha value is -1.42. The molecule has 1 aromatic carbocycles. The van der Waals surface area contributed by atoms with E-state index in [0.717, 1.165) is 12.5 Å². The van der Waals surface area contributed by atoms with Crippen molar-refractivity contribution < 1.29 is 14.0 Å². The van der Waals surface area contributed by atoms with Gasteiger partial charge in [0.1, 0.15) is 5.82 Å². The van der Waals surface area contributed by atoms with Gasteiger partial charge in [0.15, 0.2) is 0 Å². The first kappa shape index (κ1) is 11.1. The van der Waals surface area contributed by atoms with Crippen LogP contribution >= 0.6 is 11.6 Å². The Bertz CT molecular complexity index is 461. The van der Waals surface area contributed by atoms with Crippen molar-refractivity contribution >= 4 is 28.4 Å². The topological polar surface area (TPSA) is 37.4 Å². The summed E-state index contributed by atoms with van der Waals surface area (Å²) in [5, 5.41) is -0.856. The molecule has 3 nitrogen and oxygen atoms in total. The lowest BCUT2D eigenvalue weighted by Crippen LogP contribution is -2.23. The van der Waals surface area contributed by atoms with Crippen LogP contribution < -0.4 is 4.90 Å². The van der Waals surface area contributed by atoms with Gasteiger partial charge in [0.25, 0.3) is 5.24 Å². The van der Waals surface area contributed by atoms with Crippen LogP contribution in [0.15, 0.2) is 18.2 Å². The van der Waals surface area contributed by atoms with Gasteiger partial charge in [-0.2, -0.15) is 0 Å². The molecule has 0 saturated carbocycles. The molecule has 0 unspecified atom stereocenters. The smallest absolute Gasteiger partial charge is 0.255 e. The third-order valence-electron chi connectivity index (χ3n) is 2.55. The van der Waals surface area contributed by atoms with Gasteiger partial charge < -0.3 is 4.90 Å². The number of anilines is 1. The van der Waals surface area contributed by atoms with Gasteiger partial charge >= 0.3 is 0 Å². The molecule has 2 rings (SSSR count). The summed E-state index contributed by atoms with van der Waals surface area (Å²) in [5.41, 5.74) is 0.326. The molecule has 0 N–H and O–H groups in total. The summed E-state index contributed by atoms with van der Waals surface area (Å²) in [7, 11) is 0. The van der Waals surface area contributed by atoms with Crippen molar-refractivity contribution in [2.45, 2.75) is 12.8 Å². The Balaban J connectivity index is 2.39. The lowest BCUT2D eigenvalue weighted by molar-refractivity contribution is -0.117. The maximum atomic E-state index is 13.2. The van der Waals surface area contributed by atoms with E-state index in [0.29, 0.717) is 18.7 Å². The minimum Gasteiger partial charge on any atom is -0.312 e. The number of carbonyl (C=O) groups is 2. The largest absolute Gasteiger partial charge is 0.312 e. The van der Waals surface area contributed by atoms with Crippen molar-refractivity contribution in [2.24, 2.45) is 0 Å². The molecule has 1 amide bonds. The van der Waals surface area contributed by atoms with E-state index in [1.807, 2.05) is 0 Å². The molecule has 1 saturated heterocycles. The molecule has 16 heavy (non-hydrogen) atoms. The van der Waals surface area contributed by atoms with Gasteiger partial charge in [-0.25, -0.2) is 4.39 Å². The van der Waals surface area contributed by atoms with E-state index in [9.17, 15) is 14.0 Å². The summed E-state index contributed by atoms with van der Waals surface area (Å²) in [5.74, 6) is -0.685. The third kappa shape index (κ3) is 1.93. The Labute approximate surface area is 96.8 Å². The molecule has 0 bridgehead atoms. The van der Waals surface area contributed by atoms with E-state index in [1.165, 1.54) is 17.0 Å². The molecule has 0 aromatic heterocycles. The highest BCUT2D eigenvalue weighted by Crippen LogP contribution is 2.24.